The molecule has 1 aromatic rings. The van der Waals surface area contributed by atoms with Crippen LogP contribution in [0.5, 0.6) is 11.5 Å². The first-order valence-corrected chi connectivity index (χ1v) is 5.32. The Morgan fingerprint density at radius 1 is 1.30 bits per heavy atom. The molecule has 1 unspecified atom stereocenters. The number of aliphatic carboxylic acids is 2. The molecule has 0 fully saturated rings. The van der Waals surface area contributed by atoms with Crippen molar-refractivity contribution in [3.05, 3.63) is 35.8 Å². The highest BCUT2D eigenvalue weighted by molar-refractivity contribution is 5.83. The van der Waals surface area contributed by atoms with Crippen molar-refractivity contribution in [1.82, 2.24) is 0 Å². The standard InChI is InChI=1S/C12H13NO7/c1-19-9-3-2-6(20-5-8(14)11(15)16)4-7(9)10(13)12(17)18/h2-5,10,14H,13H2,1H3,(H,15,16)(H,17,18)/b8-5-. The highest BCUT2D eigenvalue weighted by Crippen LogP contribution is 2.28. The van der Waals surface area contributed by atoms with Gasteiger partial charge in [-0.1, -0.05) is 0 Å². The lowest BCUT2D eigenvalue weighted by atomic mass is 10.1. The van der Waals surface area contributed by atoms with Crippen LogP contribution in [0.3, 0.4) is 0 Å². The number of benzene rings is 1. The summed E-state index contributed by atoms with van der Waals surface area (Å²) >= 11 is 0. The van der Waals surface area contributed by atoms with Gasteiger partial charge in [-0.25, -0.2) is 4.79 Å². The van der Waals surface area contributed by atoms with E-state index in [1.54, 1.807) is 0 Å². The zero-order chi connectivity index (χ0) is 15.3. The van der Waals surface area contributed by atoms with Crippen LogP contribution in [0, 0.1) is 0 Å². The normalized spacial score (nSPS) is 12.6. The number of hydrogen-bond donors (Lipinski definition) is 4. The van der Waals surface area contributed by atoms with Gasteiger partial charge in [0, 0.05) is 5.56 Å². The smallest absolute Gasteiger partial charge is 0.374 e. The van der Waals surface area contributed by atoms with Gasteiger partial charge in [0.25, 0.3) is 0 Å². The second-order valence-corrected chi connectivity index (χ2v) is 3.65. The van der Waals surface area contributed by atoms with Crippen LogP contribution in [0.25, 0.3) is 0 Å². The van der Waals surface area contributed by atoms with Gasteiger partial charge in [-0.05, 0) is 18.2 Å². The summed E-state index contributed by atoms with van der Waals surface area (Å²) in [6, 6.07) is 2.77. The summed E-state index contributed by atoms with van der Waals surface area (Å²) in [6.07, 6.45) is 0.611. The van der Waals surface area contributed by atoms with Crippen molar-refractivity contribution in [2.24, 2.45) is 5.73 Å². The molecule has 0 saturated carbocycles. The van der Waals surface area contributed by atoms with Crippen LogP contribution in [-0.2, 0) is 9.59 Å². The van der Waals surface area contributed by atoms with Gasteiger partial charge in [0.1, 0.15) is 23.8 Å². The third kappa shape index (κ3) is 3.62. The van der Waals surface area contributed by atoms with Crippen molar-refractivity contribution in [2.45, 2.75) is 6.04 Å². The summed E-state index contributed by atoms with van der Waals surface area (Å²) in [4.78, 5) is 21.3. The van der Waals surface area contributed by atoms with Crippen LogP contribution in [0.1, 0.15) is 11.6 Å². The Kier molecular flexibility index (Phi) is 4.93. The van der Waals surface area contributed by atoms with E-state index in [0.29, 0.717) is 6.26 Å². The maximum Gasteiger partial charge on any atom is 0.374 e. The van der Waals surface area contributed by atoms with Gasteiger partial charge < -0.3 is 30.5 Å². The van der Waals surface area contributed by atoms with Crippen LogP contribution >= 0.6 is 0 Å². The highest BCUT2D eigenvalue weighted by Gasteiger charge is 2.19. The number of ether oxygens (including phenoxy) is 2. The van der Waals surface area contributed by atoms with Crippen molar-refractivity contribution in [2.75, 3.05) is 7.11 Å². The molecule has 1 rings (SSSR count). The predicted molar refractivity (Wildman–Crippen MR) is 66.5 cm³/mol. The van der Waals surface area contributed by atoms with Gasteiger partial charge in [0.15, 0.2) is 0 Å². The number of carboxylic acid groups (broad SMARTS) is 2. The van der Waals surface area contributed by atoms with Gasteiger partial charge in [-0.3, -0.25) is 4.79 Å². The number of carboxylic acids is 2. The zero-order valence-corrected chi connectivity index (χ0v) is 10.4. The van der Waals surface area contributed by atoms with E-state index in [1.807, 2.05) is 0 Å². The molecule has 8 nitrogen and oxygen atoms in total. The van der Waals surface area contributed by atoms with Crippen molar-refractivity contribution in [3.63, 3.8) is 0 Å². The Morgan fingerprint density at radius 2 is 1.95 bits per heavy atom. The molecule has 108 valence electrons. The molecule has 0 saturated heterocycles. The van der Waals surface area contributed by atoms with Crippen molar-refractivity contribution < 1.29 is 34.4 Å². The average molecular weight is 283 g/mol. The number of methoxy groups -OCH3 is 1. The predicted octanol–water partition coefficient (Wildman–Crippen LogP) is 0.642. The highest BCUT2D eigenvalue weighted by atomic mass is 16.5. The molecule has 0 aliphatic carbocycles. The van der Waals surface area contributed by atoms with Crippen molar-refractivity contribution in [1.29, 1.82) is 0 Å². The maximum atomic E-state index is 10.9. The molecule has 0 aromatic heterocycles. The van der Waals surface area contributed by atoms with Crippen LogP contribution in [0.4, 0.5) is 0 Å². The molecule has 20 heavy (non-hydrogen) atoms. The third-order valence-corrected chi connectivity index (χ3v) is 2.33. The summed E-state index contributed by atoms with van der Waals surface area (Å²) < 4.78 is 9.88. The summed E-state index contributed by atoms with van der Waals surface area (Å²) in [6.45, 7) is 0. The molecule has 0 amide bonds. The summed E-state index contributed by atoms with van der Waals surface area (Å²) in [7, 11) is 1.35. The average Bonchev–Trinajstić information content (AvgIpc) is 2.43. The van der Waals surface area contributed by atoms with E-state index in [2.05, 4.69) is 0 Å². The fourth-order valence-corrected chi connectivity index (χ4v) is 1.34. The van der Waals surface area contributed by atoms with E-state index in [1.165, 1.54) is 25.3 Å². The largest absolute Gasteiger partial charge is 0.500 e. The summed E-state index contributed by atoms with van der Waals surface area (Å²) in [5.74, 6) is -3.46. The lowest BCUT2D eigenvalue weighted by molar-refractivity contribution is -0.138. The van der Waals surface area contributed by atoms with Crippen LogP contribution in [0.2, 0.25) is 0 Å². The Morgan fingerprint density at radius 3 is 2.45 bits per heavy atom. The van der Waals surface area contributed by atoms with Crippen molar-refractivity contribution in [3.8, 4) is 11.5 Å². The molecule has 0 heterocycles. The number of hydrogen-bond acceptors (Lipinski definition) is 6. The zero-order valence-electron chi connectivity index (χ0n) is 10.4. The minimum Gasteiger partial charge on any atom is -0.500 e. The quantitative estimate of drug-likeness (QED) is 0.440. The van der Waals surface area contributed by atoms with Crippen LogP contribution in [-0.4, -0.2) is 34.4 Å². The number of carbonyl (C=O) groups is 2. The molecular formula is C12H13NO7. The Bertz CT molecular complexity index is 553. The van der Waals surface area contributed by atoms with Crippen LogP contribution in [0.15, 0.2) is 30.2 Å². The lowest BCUT2D eigenvalue weighted by Gasteiger charge is -2.13. The van der Waals surface area contributed by atoms with E-state index < -0.39 is 23.7 Å². The monoisotopic (exact) mass is 283 g/mol. The molecular weight excluding hydrogens is 270 g/mol. The second-order valence-electron chi connectivity index (χ2n) is 3.65. The lowest BCUT2D eigenvalue weighted by Crippen LogP contribution is -2.21. The van der Waals surface area contributed by atoms with Gasteiger partial charge in [-0.15, -0.1) is 0 Å². The summed E-state index contributed by atoms with van der Waals surface area (Å²) in [5, 5.41) is 26.3. The molecule has 5 N–H and O–H groups in total. The van der Waals surface area contributed by atoms with Gasteiger partial charge in [0.05, 0.1) is 7.11 Å². The number of nitrogens with two attached hydrogens (primary N) is 1. The Hall–Kier alpha value is -2.74. The molecule has 8 heteroatoms. The second kappa shape index (κ2) is 6.43. The molecule has 1 atom stereocenters. The Balaban J connectivity index is 3.07. The molecule has 0 aliphatic heterocycles. The number of rotatable bonds is 6. The molecule has 1 aromatic carbocycles. The van der Waals surface area contributed by atoms with E-state index >= 15 is 0 Å². The third-order valence-electron chi connectivity index (χ3n) is 2.33. The van der Waals surface area contributed by atoms with Crippen molar-refractivity contribution >= 4 is 11.9 Å². The topological polar surface area (TPSA) is 139 Å². The maximum absolute atomic E-state index is 10.9. The number of aliphatic hydroxyl groups is 1. The van der Waals surface area contributed by atoms with E-state index in [-0.39, 0.29) is 17.1 Å². The minimum absolute atomic E-state index is 0.102. The van der Waals surface area contributed by atoms with E-state index in [4.69, 9.17) is 30.5 Å². The molecule has 0 spiro atoms. The fourth-order valence-electron chi connectivity index (χ4n) is 1.34. The van der Waals surface area contributed by atoms with Gasteiger partial charge >= 0.3 is 11.9 Å². The Labute approximate surface area is 113 Å². The van der Waals surface area contributed by atoms with E-state index in [0.717, 1.165) is 0 Å². The first kappa shape index (κ1) is 15.3. The van der Waals surface area contributed by atoms with E-state index in [9.17, 15) is 9.59 Å². The SMILES string of the molecule is COc1ccc(O/C=C(\O)C(=O)O)cc1C(N)C(=O)O. The first-order chi connectivity index (χ1) is 9.36. The molecule has 0 aliphatic rings. The number of aliphatic hydroxyl groups excluding tert-OH is 1. The fraction of sp³-hybridized carbons (Fsp3) is 0.167. The molecule has 0 radical (unpaired) electrons. The van der Waals surface area contributed by atoms with Crippen LogP contribution < -0.4 is 15.2 Å². The van der Waals surface area contributed by atoms with Gasteiger partial charge in [-0.2, -0.15) is 0 Å². The van der Waals surface area contributed by atoms with Gasteiger partial charge in [0.2, 0.25) is 5.76 Å². The first-order valence-electron chi connectivity index (χ1n) is 5.32. The molecule has 0 bridgehead atoms. The summed E-state index contributed by atoms with van der Waals surface area (Å²) in [5.41, 5.74) is 5.65. The minimum atomic E-state index is -1.55.